The molecule has 4 nitrogen and oxygen atoms in total. The lowest BCUT2D eigenvalue weighted by Crippen LogP contribution is -2.50. The van der Waals surface area contributed by atoms with Crippen LogP contribution in [0.5, 0.6) is 0 Å². The number of nitrogens with one attached hydrogen (secondary N) is 1. The van der Waals surface area contributed by atoms with Crippen molar-refractivity contribution in [2.75, 3.05) is 13.1 Å². The average molecular weight is 256 g/mol. The van der Waals surface area contributed by atoms with Crippen molar-refractivity contribution in [2.45, 2.75) is 59.1 Å². The Balaban J connectivity index is 2.46. The predicted octanol–water partition coefficient (Wildman–Crippen LogP) is 2.22. The highest BCUT2D eigenvalue weighted by atomic mass is 16.3. The summed E-state index contributed by atoms with van der Waals surface area (Å²) in [5.41, 5.74) is 0. The van der Waals surface area contributed by atoms with Gasteiger partial charge in [0.15, 0.2) is 0 Å². The Morgan fingerprint density at radius 3 is 2.67 bits per heavy atom. The number of piperidine rings is 1. The van der Waals surface area contributed by atoms with Gasteiger partial charge in [-0.1, -0.05) is 20.3 Å². The normalized spacial score (nSPS) is 25.4. The minimum atomic E-state index is -0.326. The first-order valence-electron chi connectivity index (χ1n) is 7.19. The number of aliphatic hydroxyl groups excluding tert-OH is 1. The first-order chi connectivity index (χ1) is 8.45. The molecule has 4 heteroatoms. The SMILES string of the molecule is CCC(C)C(C)NC(=O)N1CCCC(C(C)O)C1. The number of hydrogen-bond acceptors (Lipinski definition) is 2. The van der Waals surface area contributed by atoms with E-state index in [0.717, 1.165) is 25.8 Å². The fraction of sp³-hybridized carbons (Fsp3) is 0.929. The van der Waals surface area contributed by atoms with Crippen LogP contribution >= 0.6 is 0 Å². The smallest absolute Gasteiger partial charge is 0.317 e. The minimum Gasteiger partial charge on any atom is -0.393 e. The van der Waals surface area contributed by atoms with E-state index in [0.29, 0.717) is 12.5 Å². The van der Waals surface area contributed by atoms with Crippen molar-refractivity contribution in [3.63, 3.8) is 0 Å². The van der Waals surface area contributed by atoms with Crippen molar-refractivity contribution >= 4 is 6.03 Å². The second kappa shape index (κ2) is 6.98. The molecule has 4 unspecified atom stereocenters. The monoisotopic (exact) mass is 256 g/mol. The quantitative estimate of drug-likeness (QED) is 0.810. The second-order valence-electron chi connectivity index (χ2n) is 5.71. The Kier molecular flexibility index (Phi) is 5.93. The average Bonchev–Trinajstić information content (AvgIpc) is 2.37. The van der Waals surface area contributed by atoms with Crippen molar-refractivity contribution in [3.8, 4) is 0 Å². The van der Waals surface area contributed by atoms with Crippen molar-refractivity contribution in [2.24, 2.45) is 11.8 Å². The van der Waals surface area contributed by atoms with Crippen LogP contribution in [0.4, 0.5) is 4.79 Å². The predicted molar refractivity (Wildman–Crippen MR) is 73.4 cm³/mol. The van der Waals surface area contributed by atoms with Gasteiger partial charge >= 0.3 is 6.03 Å². The Morgan fingerprint density at radius 1 is 1.44 bits per heavy atom. The summed E-state index contributed by atoms with van der Waals surface area (Å²) in [6.07, 6.45) is 2.74. The second-order valence-corrected chi connectivity index (χ2v) is 5.71. The van der Waals surface area contributed by atoms with E-state index in [-0.39, 0.29) is 24.1 Å². The van der Waals surface area contributed by atoms with Gasteiger partial charge < -0.3 is 15.3 Å². The zero-order valence-corrected chi connectivity index (χ0v) is 12.1. The Morgan fingerprint density at radius 2 is 2.11 bits per heavy atom. The molecular weight excluding hydrogens is 228 g/mol. The summed E-state index contributed by atoms with van der Waals surface area (Å²) in [5, 5.41) is 12.7. The van der Waals surface area contributed by atoms with Crippen LogP contribution in [0.3, 0.4) is 0 Å². The van der Waals surface area contributed by atoms with E-state index in [9.17, 15) is 9.90 Å². The maximum Gasteiger partial charge on any atom is 0.317 e. The third-order valence-corrected chi connectivity index (χ3v) is 4.28. The molecule has 1 aliphatic heterocycles. The molecule has 2 amide bonds. The lowest BCUT2D eigenvalue weighted by Gasteiger charge is -2.35. The molecule has 106 valence electrons. The number of amides is 2. The van der Waals surface area contributed by atoms with Gasteiger partial charge in [-0.2, -0.15) is 0 Å². The molecule has 0 aromatic heterocycles. The van der Waals surface area contributed by atoms with Gasteiger partial charge in [0.2, 0.25) is 0 Å². The van der Waals surface area contributed by atoms with Gasteiger partial charge in [-0.25, -0.2) is 4.79 Å². The molecule has 1 saturated heterocycles. The van der Waals surface area contributed by atoms with Crippen LogP contribution in [0, 0.1) is 11.8 Å². The van der Waals surface area contributed by atoms with Gasteiger partial charge in [-0.05, 0) is 32.6 Å². The van der Waals surface area contributed by atoms with Gasteiger partial charge in [0.25, 0.3) is 0 Å². The van der Waals surface area contributed by atoms with Gasteiger partial charge in [-0.15, -0.1) is 0 Å². The number of aliphatic hydroxyl groups is 1. The molecular formula is C14H28N2O2. The zero-order chi connectivity index (χ0) is 13.7. The molecule has 1 heterocycles. The number of likely N-dealkylation sites (tertiary alicyclic amines) is 1. The fourth-order valence-electron chi connectivity index (χ4n) is 2.37. The Labute approximate surface area is 111 Å². The lowest BCUT2D eigenvalue weighted by molar-refractivity contribution is 0.0730. The molecule has 0 saturated carbocycles. The van der Waals surface area contributed by atoms with Crippen LogP contribution in [0.15, 0.2) is 0 Å². The van der Waals surface area contributed by atoms with Gasteiger partial charge in [0.05, 0.1) is 6.10 Å². The molecule has 1 aliphatic rings. The third kappa shape index (κ3) is 4.16. The number of rotatable bonds is 4. The summed E-state index contributed by atoms with van der Waals surface area (Å²) in [7, 11) is 0. The van der Waals surface area contributed by atoms with Crippen LogP contribution in [-0.2, 0) is 0 Å². The fourth-order valence-corrected chi connectivity index (χ4v) is 2.37. The maximum absolute atomic E-state index is 12.1. The standard InChI is InChI=1S/C14H28N2O2/c1-5-10(2)11(3)15-14(18)16-8-6-7-13(9-16)12(4)17/h10-13,17H,5-9H2,1-4H3,(H,15,18). The lowest BCUT2D eigenvalue weighted by atomic mass is 9.93. The Bertz CT molecular complexity index is 269. The van der Waals surface area contributed by atoms with Crippen molar-refractivity contribution < 1.29 is 9.90 Å². The van der Waals surface area contributed by atoms with E-state index >= 15 is 0 Å². The molecule has 0 aliphatic carbocycles. The minimum absolute atomic E-state index is 0.0214. The summed E-state index contributed by atoms with van der Waals surface area (Å²) in [4.78, 5) is 14.0. The van der Waals surface area contributed by atoms with E-state index < -0.39 is 0 Å². The van der Waals surface area contributed by atoms with Gasteiger partial charge in [0, 0.05) is 25.0 Å². The highest BCUT2D eigenvalue weighted by Crippen LogP contribution is 2.20. The van der Waals surface area contributed by atoms with E-state index in [1.54, 1.807) is 0 Å². The number of urea groups is 1. The van der Waals surface area contributed by atoms with Crippen molar-refractivity contribution in [1.29, 1.82) is 0 Å². The topological polar surface area (TPSA) is 52.6 Å². The third-order valence-electron chi connectivity index (χ3n) is 4.28. The summed E-state index contributed by atoms with van der Waals surface area (Å²) in [6.45, 7) is 9.65. The molecule has 18 heavy (non-hydrogen) atoms. The van der Waals surface area contributed by atoms with E-state index in [4.69, 9.17) is 0 Å². The summed E-state index contributed by atoms with van der Waals surface area (Å²) in [6, 6.07) is 0.225. The summed E-state index contributed by atoms with van der Waals surface area (Å²) < 4.78 is 0. The van der Waals surface area contributed by atoms with Crippen LogP contribution in [0.2, 0.25) is 0 Å². The van der Waals surface area contributed by atoms with Crippen molar-refractivity contribution in [1.82, 2.24) is 10.2 Å². The molecule has 2 N–H and O–H groups in total. The number of hydrogen-bond donors (Lipinski definition) is 2. The van der Waals surface area contributed by atoms with E-state index in [2.05, 4.69) is 26.1 Å². The molecule has 1 fully saturated rings. The molecule has 0 spiro atoms. The van der Waals surface area contributed by atoms with Crippen LogP contribution in [0.1, 0.15) is 47.0 Å². The maximum atomic E-state index is 12.1. The molecule has 4 atom stereocenters. The van der Waals surface area contributed by atoms with Crippen LogP contribution < -0.4 is 5.32 Å². The van der Waals surface area contributed by atoms with Crippen LogP contribution in [-0.4, -0.2) is 41.3 Å². The first kappa shape index (κ1) is 15.3. The summed E-state index contributed by atoms with van der Waals surface area (Å²) >= 11 is 0. The zero-order valence-electron chi connectivity index (χ0n) is 12.1. The van der Waals surface area contributed by atoms with Crippen molar-refractivity contribution in [3.05, 3.63) is 0 Å². The highest BCUT2D eigenvalue weighted by Gasteiger charge is 2.27. The number of carbonyl (C=O) groups is 1. The Hall–Kier alpha value is -0.770. The summed E-state index contributed by atoms with van der Waals surface area (Å²) in [5.74, 6) is 0.717. The molecule has 0 aromatic carbocycles. The molecule has 0 bridgehead atoms. The molecule has 1 rings (SSSR count). The highest BCUT2D eigenvalue weighted by molar-refractivity contribution is 5.74. The first-order valence-corrected chi connectivity index (χ1v) is 7.19. The van der Waals surface area contributed by atoms with Gasteiger partial charge in [-0.3, -0.25) is 0 Å². The number of carbonyl (C=O) groups excluding carboxylic acids is 1. The van der Waals surface area contributed by atoms with E-state index in [1.165, 1.54) is 0 Å². The van der Waals surface area contributed by atoms with Crippen LogP contribution in [0.25, 0.3) is 0 Å². The number of nitrogens with zero attached hydrogens (tertiary/aromatic N) is 1. The van der Waals surface area contributed by atoms with E-state index in [1.807, 2.05) is 11.8 Å². The molecule has 0 radical (unpaired) electrons. The van der Waals surface area contributed by atoms with Gasteiger partial charge in [0.1, 0.15) is 0 Å². The molecule has 0 aromatic rings. The largest absolute Gasteiger partial charge is 0.393 e.